The SMILES string of the molecule is C=CCC#CC(O)CC. The molecule has 0 saturated carbocycles. The minimum atomic E-state index is -0.454. The average molecular weight is 124 g/mol. The third-order valence-electron chi connectivity index (χ3n) is 0.902. The van der Waals surface area contributed by atoms with Gasteiger partial charge < -0.3 is 5.11 Å². The van der Waals surface area contributed by atoms with Crippen molar-refractivity contribution >= 4 is 0 Å². The van der Waals surface area contributed by atoms with Gasteiger partial charge in [0.1, 0.15) is 6.10 Å². The maximum absolute atomic E-state index is 8.88. The van der Waals surface area contributed by atoms with Gasteiger partial charge in [-0.05, 0) is 6.42 Å². The second-order valence-corrected chi connectivity index (χ2v) is 1.74. The molecule has 0 bridgehead atoms. The van der Waals surface area contributed by atoms with Gasteiger partial charge in [-0.1, -0.05) is 24.8 Å². The fourth-order valence-electron chi connectivity index (χ4n) is 0.351. The molecular weight excluding hydrogens is 112 g/mol. The van der Waals surface area contributed by atoms with Crippen LogP contribution in [-0.4, -0.2) is 11.2 Å². The van der Waals surface area contributed by atoms with Crippen LogP contribution < -0.4 is 0 Å². The van der Waals surface area contributed by atoms with Gasteiger partial charge in [-0.2, -0.15) is 0 Å². The fourth-order valence-corrected chi connectivity index (χ4v) is 0.351. The van der Waals surface area contributed by atoms with Crippen molar-refractivity contribution in [3.05, 3.63) is 12.7 Å². The summed E-state index contributed by atoms with van der Waals surface area (Å²) >= 11 is 0. The lowest BCUT2D eigenvalue weighted by Crippen LogP contribution is -1.98. The Morgan fingerprint density at radius 2 is 2.44 bits per heavy atom. The molecule has 0 aromatic heterocycles. The molecule has 1 nitrogen and oxygen atoms in total. The van der Waals surface area contributed by atoms with Gasteiger partial charge >= 0.3 is 0 Å². The highest BCUT2D eigenvalue weighted by molar-refractivity contribution is 5.06. The number of aliphatic hydroxyl groups is 1. The maximum Gasteiger partial charge on any atom is 0.114 e. The van der Waals surface area contributed by atoms with E-state index in [1.165, 1.54) is 0 Å². The van der Waals surface area contributed by atoms with Gasteiger partial charge in [0.25, 0.3) is 0 Å². The summed E-state index contributed by atoms with van der Waals surface area (Å²) in [5.41, 5.74) is 0. The van der Waals surface area contributed by atoms with Crippen LogP contribution >= 0.6 is 0 Å². The first-order valence-electron chi connectivity index (χ1n) is 3.08. The second kappa shape index (κ2) is 5.40. The summed E-state index contributed by atoms with van der Waals surface area (Å²) in [6.45, 7) is 5.40. The summed E-state index contributed by atoms with van der Waals surface area (Å²) in [5.74, 6) is 5.44. The van der Waals surface area contributed by atoms with Crippen LogP contribution in [0.25, 0.3) is 0 Å². The van der Waals surface area contributed by atoms with Crippen LogP contribution in [0.3, 0.4) is 0 Å². The zero-order valence-electron chi connectivity index (χ0n) is 5.72. The van der Waals surface area contributed by atoms with Crippen LogP contribution in [0.15, 0.2) is 12.7 Å². The van der Waals surface area contributed by atoms with Crippen molar-refractivity contribution in [1.29, 1.82) is 0 Å². The molecule has 0 heterocycles. The second-order valence-electron chi connectivity index (χ2n) is 1.74. The predicted molar refractivity (Wildman–Crippen MR) is 38.9 cm³/mol. The monoisotopic (exact) mass is 124 g/mol. The molecular formula is C8H12O. The van der Waals surface area contributed by atoms with Crippen molar-refractivity contribution in [2.24, 2.45) is 0 Å². The van der Waals surface area contributed by atoms with Gasteiger partial charge in [-0.15, -0.1) is 6.58 Å². The molecule has 0 aliphatic carbocycles. The van der Waals surface area contributed by atoms with Crippen LogP contribution in [0, 0.1) is 11.8 Å². The molecule has 1 N–H and O–H groups in total. The van der Waals surface area contributed by atoms with E-state index in [0.29, 0.717) is 12.8 Å². The first-order valence-corrected chi connectivity index (χ1v) is 3.08. The summed E-state index contributed by atoms with van der Waals surface area (Å²) in [7, 11) is 0. The predicted octanol–water partition coefficient (Wildman–Crippen LogP) is 1.34. The Balaban J connectivity index is 3.44. The van der Waals surface area contributed by atoms with Gasteiger partial charge in [0.15, 0.2) is 0 Å². The molecule has 0 aliphatic rings. The lowest BCUT2D eigenvalue weighted by Gasteiger charge is -1.92. The highest BCUT2D eigenvalue weighted by atomic mass is 16.3. The highest BCUT2D eigenvalue weighted by Crippen LogP contribution is 1.85. The summed E-state index contributed by atoms with van der Waals surface area (Å²) in [6, 6.07) is 0. The third kappa shape index (κ3) is 5.13. The van der Waals surface area contributed by atoms with E-state index in [1.807, 2.05) is 6.92 Å². The summed E-state index contributed by atoms with van der Waals surface area (Å²) in [4.78, 5) is 0. The van der Waals surface area contributed by atoms with Gasteiger partial charge in [0.2, 0.25) is 0 Å². The molecule has 0 aliphatic heterocycles. The van der Waals surface area contributed by atoms with E-state index >= 15 is 0 Å². The maximum atomic E-state index is 8.88. The molecule has 50 valence electrons. The Hall–Kier alpha value is -0.740. The number of rotatable bonds is 2. The first kappa shape index (κ1) is 8.26. The molecule has 0 aromatic carbocycles. The number of hydrogen-bond donors (Lipinski definition) is 1. The van der Waals surface area contributed by atoms with Gasteiger partial charge in [-0.25, -0.2) is 0 Å². The smallest absolute Gasteiger partial charge is 0.114 e. The normalized spacial score (nSPS) is 11.3. The van der Waals surface area contributed by atoms with Crippen molar-refractivity contribution in [3.8, 4) is 11.8 Å². The van der Waals surface area contributed by atoms with Crippen molar-refractivity contribution in [1.82, 2.24) is 0 Å². The van der Waals surface area contributed by atoms with E-state index in [1.54, 1.807) is 6.08 Å². The minimum absolute atomic E-state index is 0.454. The summed E-state index contributed by atoms with van der Waals surface area (Å²) in [5, 5.41) is 8.88. The molecule has 0 fully saturated rings. The van der Waals surface area contributed by atoms with E-state index < -0.39 is 6.10 Å². The minimum Gasteiger partial charge on any atom is -0.380 e. The van der Waals surface area contributed by atoms with Crippen LogP contribution in [0.4, 0.5) is 0 Å². The summed E-state index contributed by atoms with van der Waals surface area (Å²) < 4.78 is 0. The van der Waals surface area contributed by atoms with Crippen LogP contribution in [-0.2, 0) is 0 Å². The van der Waals surface area contributed by atoms with Gasteiger partial charge in [-0.3, -0.25) is 0 Å². The van der Waals surface area contributed by atoms with E-state index in [-0.39, 0.29) is 0 Å². The van der Waals surface area contributed by atoms with E-state index in [0.717, 1.165) is 0 Å². The molecule has 1 unspecified atom stereocenters. The number of allylic oxidation sites excluding steroid dienone is 1. The molecule has 0 amide bonds. The van der Waals surface area contributed by atoms with Gasteiger partial charge in [0, 0.05) is 6.42 Å². The Bertz CT molecular complexity index is 127. The number of aliphatic hydroxyl groups excluding tert-OH is 1. The Labute approximate surface area is 56.4 Å². The largest absolute Gasteiger partial charge is 0.380 e. The molecule has 0 aromatic rings. The zero-order valence-corrected chi connectivity index (χ0v) is 5.72. The molecule has 0 radical (unpaired) electrons. The van der Waals surface area contributed by atoms with Crippen molar-refractivity contribution in [3.63, 3.8) is 0 Å². The van der Waals surface area contributed by atoms with Gasteiger partial charge in [0.05, 0.1) is 0 Å². The Morgan fingerprint density at radius 3 is 2.89 bits per heavy atom. The fraction of sp³-hybridized carbons (Fsp3) is 0.500. The number of hydrogen-bond acceptors (Lipinski definition) is 1. The highest BCUT2D eigenvalue weighted by Gasteiger charge is 1.88. The van der Waals surface area contributed by atoms with Crippen molar-refractivity contribution < 1.29 is 5.11 Å². The molecule has 1 heteroatoms. The van der Waals surface area contributed by atoms with E-state index in [9.17, 15) is 0 Å². The molecule has 9 heavy (non-hydrogen) atoms. The van der Waals surface area contributed by atoms with Crippen LogP contribution in [0.5, 0.6) is 0 Å². The van der Waals surface area contributed by atoms with E-state index in [2.05, 4.69) is 18.4 Å². The molecule has 0 rings (SSSR count). The third-order valence-corrected chi connectivity index (χ3v) is 0.902. The lowest BCUT2D eigenvalue weighted by atomic mass is 10.3. The lowest BCUT2D eigenvalue weighted by molar-refractivity contribution is 0.228. The topological polar surface area (TPSA) is 20.2 Å². The Kier molecular flexibility index (Phi) is 4.95. The average Bonchev–Trinajstić information content (AvgIpc) is 1.89. The molecule has 1 atom stereocenters. The molecule has 0 spiro atoms. The molecule has 0 saturated heterocycles. The van der Waals surface area contributed by atoms with Crippen molar-refractivity contribution in [2.75, 3.05) is 0 Å². The first-order chi connectivity index (χ1) is 4.31. The Morgan fingerprint density at radius 1 is 1.78 bits per heavy atom. The van der Waals surface area contributed by atoms with Crippen LogP contribution in [0.1, 0.15) is 19.8 Å². The zero-order chi connectivity index (χ0) is 7.11. The van der Waals surface area contributed by atoms with Crippen molar-refractivity contribution in [2.45, 2.75) is 25.9 Å². The quantitative estimate of drug-likeness (QED) is 0.435. The van der Waals surface area contributed by atoms with E-state index in [4.69, 9.17) is 5.11 Å². The standard InChI is InChI=1S/C8H12O/c1-3-5-6-7-8(9)4-2/h3,8-9H,1,4-5H2,2H3. The van der Waals surface area contributed by atoms with Crippen LogP contribution in [0.2, 0.25) is 0 Å². The summed E-state index contributed by atoms with van der Waals surface area (Å²) in [6.07, 6.45) is 2.63.